The molecule has 0 fully saturated rings. The average molecular weight is 465 g/mol. The van der Waals surface area contributed by atoms with E-state index in [4.69, 9.17) is 0 Å². The first-order valence-electron chi connectivity index (χ1n) is 10.9. The Morgan fingerprint density at radius 3 is 2.59 bits per heavy atom. The van der Waals surface area contributed by atoms with Crippen LogP contribution in [-0.2, 0) is 25.7 Å². The molecular weight excluding hydrogens is 440 g/mol. The van der Waals surface area contributed by atoms with Gasteiger partial charge in [-0.15, -0.1) is 11.8 Å². The summed E-state index contributed by atoms with van der Waals surface area (Å²) in [6, 6.07) is 8.68. The van der Waals surface area contributed by atoms with Gasteiger partial charge in [-0.2, -0.15) is 13.2 Å². The minimum absolute atomic E-state index is 0.340. The van der Waals surface area contributed by atoms with E-state index in [0.717, 1.165) is 46.9 Å². The highest BCUT2D eigenvalue weighted by atomic mass is 32.2. The third-order valence-electron chi connectivity index (χ3n) is 6.52. The Bertz CT molecular complexity index is 1140. The van der Waals surface area contributed by atoms with Crippen LogP contribution in [0, 0.1) is 5.82 Å². The molecule has 0 saturated carbocycles. The van der Waals surface area contributed by atoms with Gasteiger partial charge in [-0.3, -0.25) is 4.90 Å². The molecule has 5 rings (SSSR count). The predicted octanol–water partition coefficient (Wildman–Crippen LogP) is 5.78. The van der Waals surface area contributed by atoms with E-state index in [2.05, 4.69) is 9.47 Å². The minimum Gasteiger partial charge on any atom is -0.388 e. The Morgan fingerprint density at radius 2 is 1.84 bits per heavy atom. The Hall–Kier alpha value is -2.03. The van der Waals surface area contributed by atoms with Crippen molar-refractivity contribution in [3.8, 4) is 0 Å². The lowest BCUT2D eigenvalue weighted by atomic mass is 9.99. The Morgan fingerprint density at radius 1 is 1.06 bits per heavy atom. The quantitative estimate of drug-likeness (QED) is 0.486. The van der Waals surface area contributed by atoms with Gasteiger partial charge in [0.25, 0.3) is 0 Å². The predicted molar refractivity (Wildman–Crippen MR) is 117 cm³/mol. The van der Waals surface area contributed by atoms with Crippen LogP contribution in [0.1, 0.15) is 41.3 Å². The van der Waals surface area contributed by atoms with Gasteiger partial charge in [0, 0.05) is 47.8 Å². The first-order chi connectivity index (χ1) is 15.3. The first-order valence-corrected chi connectivity index (χ1v) is 11.8. The van der Waals surface area contributed by atoms with Crippen molar-refractivity contribution in [3.63, 3.8) is 0 Å². The minimum atomic E-state index is -4.39. The molecule has 0 aliphatic carbocycles. The molecule has 1 unspecified atom stereocenters. The molecule has 1 aromatic heterocycles. The monoisotopic (exact) mass is 464 g/mol. The van der Waals surface area contributed by atoms with Crippen LogP contribution in [0.3, 0.4) is 0 Å². The molecular formula is C24H24F4N2OS. The van der Waals surface area contributed by atoms with E-state index in [1.165, 1.54) is 18.2 Å². The normalized spacial score (nSPS) is 17.5. The van der Waals surface area contributed by atoms with E-state index >= 15 is 0 Å². The Kier molecular flexibility index (Phi) is 5.72. The van der Waals surface area contributed by atoms with Crippen molar-refractivity contribution < 1.29 is 22.7 Å². The molecule has 3 nitrogen and oxygen atoms in total. The van der Waals surface area contributed by atoms with Crippen LogP contribution in [-0.4, -0.2) is 33.4 Å². The molecule has 1 N–H and O–H groups in total. The van der Waals surface area contributed by atoms with Crippen LogP contribution >= 0.6 is 11.8 Å². The maximum atomic E-state index is 13.8. The van der Waals surface area contributed by atoms with Crippen LogP contribution in [0.15, 0.2) is 41.3 Å². The van der Waals surface area contributed by atoms with Crippen molar-refractivity contribution in [2.24, 2.45) is 0 Å². The fourth-order valence-electron chi connectivity index (χ4n) is 5.01. The van der Waals surface area contributed by atoms with Gasteiger partial charge < -0.3 is 9.67 Å². The molecule has 0 saturated heterocycles. The highest BCUT2D eigenvalue weighted by Gasteiger charge is 2.37. The van der Waals surface area contributed by atoms with Gasteiger partial charge in [0.2, 0.25) is 0 Å². The van der Waals surface area contributed by atoms with Crippen molar-refractivity contribution in [1.29, 1.82) is 0 Å². The average Bonchev–Trinajstić information content (AvgIpc) is 3.09. The number of thioether (sulfide) groups is 1. The van der Waals surface area contributed by atoms with Gasteiger partial charge >= 0.3 is 6.18 Å². The Balaban J connectivity index is 1.36. The lowest BCUT2D eigenvalue weighted by Gasteiger charge is -2.29. The maximum Gasteiger partial charge on any atom is 0.417 e. The number of alkyl halides is 3. The summed E-state index contributed by atoms with van der Waals surface area (Å²) in [6.45, 7) is 2.72. The van der Waals surface area contributed by atoms with Gasteiger partial charge in [-0.1, -0.05) is 12.1 Å². The number of halogens is 4. The second kappa shape index (κ2) is 8.39. The number of aliphatic hydroxyl groups excluding tert-OH is 1. The fourth-order valence-corrected chi connectivity index (χ4v) is 6.01. The number of aryl methyl sites for hydroxylation is 1. The first kappa shape index (κ1) is 21.8. The molecule has 170 valence electrons. The SMILES string of the molecule is OC(CCCN1CCc2c(c3c(C(F)(F)F)ccc4c3n2CCS4)C1)c1ccc(F)cc1. The van der Waals surface area contributed by atoms with Gasteiger partial charge in [0.1, 0.15) is 5.82 Å². The summed E-state index contributed by atoms with van der Waals surface area (Å²) >= 11 is 1.63. The van der Waals surface area contributed by atoms with Crippen LogP contribution in [0.5, 0.6) is 0 Å². The third kappa shape index (κ3) is 3.93. The molecule has 32 heavy (non-hydrogen) atoms. The number of hydrogen-bond acceptors (Lipinski definition) is 3. The molecule has 0 bridgehead atoms. The molecule has 2 aliphatic heterocycles. The second-order valence-electron chi connectivity index (χ2n) is 8.49. The summed E-state index contributed by atoms with van der Waals surface area (Å²) in [4.78, 5) is 3.11. The topological polar surface area (TPSA) is 28.4 Å². The zero-order valence-corrected chi connectivity index (χ0v) is 18.3. The third-order valence-corrected chi connectivity index (χ3v) is 7.54. The number of hydrogen-bond donors (Lipinski definition) is 1. The zero-order valence-electron chi connectivity index (χ0n) is 17.5. The van der Waals surface area contributed by atoms with E-state index in [0.29, 0.717) is 36.9 Å². The largest absolute Gasteiger partial charge is 0.417 e. The number of nitrogens with zero attached hydrogens (tertiary/aromatic N) is 2. The molecule has 2 aromatic carbocycles. The van der Waals surface area contributed by atoms with E-state index in [1.807, 2.05) is 0 Å². The molecule has 0 amide bonds. The lowest BCUT2D eigenvalue weighted by molar-refractivity contribution is -0.136. The van der Waals surface area contributed by atoms with E-state index in [9.17, 15) is 22.7 Å². The van der Waals surface area contributed by atoms with E-state index in [-0.39, 0.29) is 5.82 Å². The van der Waals surface area contributed by atoms with Crippen LogP contribution in [0.25, 0.3) is 10.9 Å². The molecule has 8 heteroatoms. The molecule has 0 spiro atoms. The van der Waals surface area contributed by atoms with Crippen molar-refractivity contribution in [1.82, 2.24) is 9.47 Å². The van der Waals surface area contributed by atoms with Gasteiger partial charge in [0.15, 0.2) is 0 Å². The van der Waals surface area contributed by atoms with Gasteiger partial charge in [-0.25, -0.2) is 4.39 Å². The van der Waals surface area contributed by atoms with Crippen molar-refractivity contribution in [3.05, 3.63) is 64.6 Å². The van der Waals surface area contributed by atoms with Crippen LogP contribution in [0.2, 0.25) is 0 Å². The summed E-state index contributed by atoms with van der Waals surface area (Å²) in [5.41, 5.74) is 2.73. The van der Waals surface area contributed by atoms with E-state index in [1.54, 1.807) is 30.0 Å². The highest BCUT2D eigenvalue weighted by molar-refractivity contribution is 7.99. The number of fused-ring (bicyclic) bond motifs is 3. The number of rotatable bonds is 5. The molecule has 1 atom stereocenters. The number of benzene rings is 2. The van der Waals surface area contributed by atoms with Crippen molar-refractivity contribution in [2.45, 2.75) is 49.5 Å². The standard InChI is InChI=1S/C24H24F4N2OS/c25-16-5-3-15(4-6-16)20(31)2-1-10-29-11-9-19-17(14-29)22-18(24(26,27)28)7-8-21-23(22)30(19)12-13-32-21/h3-8,20,31H,1-2,9-14H2. The van der Waals surface area contributed by atoms with Crippen LogP contribution < -0.4 is 0 Å². The lowest BCUT2D eigenvalue weighted by Crippen LogP contribution is -2.32. The second-order valence-corrected chi connectivity index (χ2v) is 9.63. The summed E-state index contributed by atoms with van der Waals surface area (Å²) in [7, 11) is 0. The van der Waals surface area contributed by atoms with Crippen molar-refractivity contribution in [2.75, 3.05) is 18.8 Å². The zero-order chi connectivity index (χ0) is 22.5. The summed E-state index contributed by atoms with van der Waals surface area (Å²) in [5.74, 6) is 0.535. The maximum absolute atomic E-state index is 13.8. The molecule has 0 radical (unpaired) electrons. The molecule has 2 aliphatic rings. The number of aromatic nitrogens is 1. The highest BCUT2D eigenvalue weighted by Crippen LogP contribution is 2.45. The summed E-state index contributed by atoms with van der Waals surface area (Å²) in [5, 5.41) is 10.7. The fraction of sp³-hybridized carbons (Fsp3) is 0.417. The Labute approximate surface area is 188 Å². The van der Waals surface area contributed by atoms with Crippen LogP contribution in [0.4, 0.5) is 17.6 Å². The summed E-state index contributed by atoms with van der Waals surface area (Å²) < 4.78 is 56.7. The molecule has 3 aromatic rings. The van der Waals surface area contributed by atoms with E-state index < -0.39 is 17.8 Å². The van der Waals surface area contributed by atoms with Crippen molar-refractivity contribution >= 4 is 22.7 Å². The smallest absolute Gasteiger partial charge is 0.388 e. The number of aliphatic hydroxyl groups is 1. The van der Waals surface area contributed by atoms with Gasteiger partial charge in [0.05, 0.1) is 17.2 Å². The van der Waals surface area contributed by atoms with Gasteiger partial charge in [-0.05, 0) is 54.8 Å². The molecule has 3 heterocycles. The summed E-state index contributed by atoms with van der Waals surface area (Å²) in [6.07, 6.45) is -3.11.